The summed E-state index contributed by atoms with van der Waals surface area (Å²) in [6.07, 6.45) is 8.66. The maximum absolute atomic E-state index is 12.7. The summed E-state index contributed by atoms with van der Waals surface area (Å²) in [5, 5.41) is 0. The predicted octanol–water partition coefficient (Wildman–Crippen LogP) is 2.07. The molecule has 1 heterocycles. The molecule has 1 unspecified atom stereocenters. The quantitative estimate of drug-likeness (QED) is 0.709. The maximum Gasteiger partial charge on any atom is 0.236 e. The normalized spacial score (nSPS) is 24.9. The van der Waals surface area contributed by atoms with Gasteiger partial charge < -0.3 is 4.90 Å². The molecule has 1 saturated heterocycles. The van der Waals surface area contributed by atoms with Crippen molar-refractivity contribution in [1.29, 1.82) is 0 Å². The Kier molecular flexibility index (Phi) is 6.89. The molecule has 1 aliphatic heterocycles. The maximum atomic E-state index is 12.7. The molecule has 0 radical (unpaired) electrons. The number of carbonyl (C=O) groups excluding carboxylic acids is 1. The van der Waals surface area contributed by atoms with Crippen LogP contribution in [0.4, 0.5) is 0 Å². The molecule has 0 aromatic carbocycles. The van der Waals surface area contributed by atoms with Crippen LogP contribution in [0.5, 0.6) is 0 Å². The predicted molar refractivity (Wildman–Crippen MR) is 93.2 cm³/mol. The minimum atomic E-state index is -2.91. The van der Waals surface area contributed by atoms with Crippen LogP contribution in [-0.2, 0) is 14.6 Å². The van der Waals surface area contributed by atoms with E-state index < -0.39 is 9.84 Å². The molecule has 5 nitrogen and oxygen atoms in total. The van der Waals surface area contributed by atoms with Gasteiger partial charge in [-0.05, 0) is 32.2 Å². The van der Waals surface area contributed by atoms with Crippen molar-refractivity contribution in [3.63, 3.8) is 0 Å². The van der Waals surface area contributed by atoms with Crippen molar-refractivity contribution in [3.05, 3.63) is 0 Å². The summed E-state index contributed by atoms with van der Waals surface area (Å²) in [4.78, 5) is 16.7. The Balaban J connectivity index is 1.94. The Hall–Kier alpha value is -0.620. The van der Waals surface area contributed by atoms with E-state index in [0.717, 1.165) is 32.2 Å². The van der Waals surface area contributed by atoms with Crippen LogP contribution >= 0.6 is 0 Å². The first-order valence-electron chi connectivity index (χ1n) is 9.13. The topological polar surface area (TPSA) is 57.7 Å². The van der Waals surface area contributed by atoms with Gasteiger partial charge in [0.05, 0.1) is 18.1 Å². The lowest BCUT2D eigenvalue weighted by Gasteiger charge is -2.34. The Labute approximate surface area is 141 Å². The third-order valence-corrected chi connectivity index (χ3v) is 7.13. The van der Waals surface area contributed by atoms with Crippen LogP contribution in [0.1, 0.15) is 58.3 Å². The van der Waals surface area contributed by atoms with E-state index in [1.165, 1.54) is 19.3 Å². The fourth-order valence-corrected chi connectivity index (χ4v) is 5.53. The minimum Gasteiger partial charge on any atom is -0.342 e. The summed E-state index contributed by atoms with van der Waals surface area (Å²) in [6.45, 7) is 3.31. The average molecular weight is 345 g/mol. The first kappa shape index (κ1) is 18.7. The molecule has 1 atom stereocenters. The van der Waals surface area contributed by atoms with Gasteiger partial charge in [-0.1, -0.05) is 32.6 Å². The number of carbonyl (C=O) groups is 1. The Morgan fingerprint density at radius 3 is 2.35 bits per heavy atom. The van der Waals surface area contributed by atoms with Crippen molar-refractivity contribution in [2.75, 3.05) is 31.6 Å². The molecule has 1 amide bonds. The second kappa shape index (κ2) is 8.47. The fourth-order valence-electron chi connectivity index (χ4n) is 3.77. The number of rotatable bonds is 7. The number of hydrogen-bond acceptors (Lipinski definition) is 4. The molecule has 6 heteroatoms. The van der Waals surface area contributed by atoms with Crippen LogP contribution in [0.25, 0.3) is 0 Å². The SMILES string of the molecule is CCCCN(CC(=O)N(C)C1CCCCC1)C1CCS(=O)(=O)C1. The zero-order chi connectivity index (χ0) is 16.9. The summed E-state index contributed by atoms with van der Waals surface area (Å²) >= 11 is 0. The van der Waals surface area contributed by atoms with Gasteiger partial charge in [0.1, 0.15) is 0 Å². The standard InChI is InChI=1S/C17H32N2O3S/c1-3-4-11-19(16-10-12-23(21,22)14-16)13-17(20)18(2)15-8-6-5-7-9-15/h15-16H,3-14H2,1-2H3. The first-order chi connectivity index (χ1) is 10.9. The second-order valence-electron chi connectivity index (χ2n) is 7.18. The van der Waals surface area contributed by atoms with Gasteiger partial charge in [-0.25, -0.2) is 8.42 Å². The van der Waals surface area contributed by atoms with E-state index in [1.54, 1.807) is 0 Å². The molecule has 0 spiro atoms. The van der Waals surface area contributed by atoms with Crippen molar-refractivity contribution in [3.8, 4) is 0 Å². The third-order valence-electron chi connectivity index (χ3n) is 5.38. The van der Waals surface area contributed by atoms with E-state index in [9.17, 15) is 13.2 Å². The number of nitrogens with zero attached hydrogens (tertiary/aromatic N) is 2. The third kappa shape index (κ3) is 5.45. The highest BCUT2D eigenvalue weighted by Crippen LogP contribution is 2.23. The van der Waals surface area contributed by atoms with Crippen LogP contribution in [0.15, 0.2) is 0 Å². The summed E-state index contributed by atoms with van der Waals surface area (Å²) < 4.78 is 23.5. The van der Waals surface area contributed by atoms with Gasteiger partial charge >= 0.3 is 0 Å². The average Bonchev–Trinajstić information content (AvgIpc) is 2.91. The molecule has 0 aromatic rings. The zero-order valence-corrected chi connectivity index (χ0v) is 15.5. The highest BCUT2D eigenvalue weighted by molar-refractivity contribution is 7.91. The monoisotopic (exact) mass is 344 g/mol. The smallest absolute Gasteiger partial charge is 0.236 e. The van der Waals surface area contributed by atoms with Gasteiger partial charge in [-0.3, -0.25) is 9.69 Å². The minimum absolute atomic E-state index is 0.0234. The molecular weight excluding hydrogens is 312 g/mol. The van der Waals surface area contributed by atoms with Crippen molar-refractivity contribution < 1.29 is 13.2 Å². The van der Waals surface area contributed by atoms with Crippen molar-refractivity contribution in [2.45, 2.75) is 70.4 Å². The second-order valence-corrected chi connectivity index (χ2v) is 9.41. The van der Waals surface area contributed by atoms with Crippen molar-refractivity contribution in [2.24, 2.45) is 0 Å². The summed E-state index contributed by atoms with van der Waals surface area (Å²) in [5.74, 6) is 0.640. The van der Waals surface area contributed by atoms with Gasteiger partial charge in [0.15, 0.2) is 9.84 Å². The molecule has 0 aromatic heterocycles. The number of amides is 1. The lowest BCUT2D eigenvalue weighted by molar-refractivity contribution is -0.134. The lowest BCUT2D eigenvalue weighted by Crippen LogP contribution is -2.47. The molecule has 1 saturated carbocycles. The van der Waals surface area contributed by atoms with E-state index in [1.807, 2.05) is 11.9 Å². The van der Waals surface area contributed by atoms with E-state index >= 15 is 0 Å². The molecule has 23 heavy (non-hydrogen) atoms. The van der Waals surface area contributed by atoms with Gasteiger partial charge in [-0.2, -0.15) is 0 Å². The molecule has 0 N–H and O–H groups in total. The number of hydrogen-bond donors (Lipinski definition) is 0. The van der Waals surface area contributed by atoms with Crippen LogP contribution in [-0.4, -0.2) is 67.9 Å². The summed E-state index contributed by atoms with van der Waals surface area (Å²) in [7, 11) is -0.990. The zero-order valence-electron chi connectivity index (χ0n) is 14.7. The van der Waals surface area contributed by atoms with Crippen LogP contribution in [0, 0.1) is 0 Å². The summed E-state index contributed by atoms with van der Waals surface area (Å²) in [5.41, 5.74) is 0. The molecule has 2 fully saturated rings. The molecule has 2 rings (SSSR count). The van der Waals surface area contributed by atoms with Gasteiger partial charge in [0.25, 0.3) is 0 Å². The summed E-state index contributed by atoms with van der Waals surface area (Å²) in [6, 6.07) is 0.395. The molecule has 0 bridgehead atoms. The fraction of sp³-hybridized carbons (Fsp3) is 0.941. The highest BCUT2D eigenvalue weighted by Gasteiger charge is 2.33. The van der Waals surface area contributed by atoms with Gasteiger partial charge in [0.2, 0.25) is 5.91 Å². The molecule has 2 aliphatic rings. The van der Waals surface area contributed by atoms with E-state index in [2.05, 4.69) is 11.8 Å². The van der Waals surface area contributed by atoms with Crippen molar-refractivity contribution in [1.82, 2.24) is 9.80 Å². The number of unbranched alkanes of at least 4 members (excludes halogenated alkanes) is 1. The van der Waals surface area contributed by atoms with Gasteiger partial charge in [0, 0.05) is 19.1 Å². The van der Waals surface area contributed by atoms with Crippen LogP contribution in [0.2, 0.25) is 0 Å². The van der Waals surface area contributed by atoms with Gasteiger partial charge in [-0.15, -0.1) is 0 Å². The van der Waals surface area contributed by atoms with E-state index in [-0.39, 0.29) is 23.5 Å². The van der Waals surface area contributed by atoms with E-state index in [0.29, 0.717) is 19.0 Å². The largest absolute Gasteiger partial charge is 0.342 e. The first-order valence-corrected chi connectivity index (χ1v) is 10.9. The van der Waals surface area contributed by atoms with Crippen LogP contribution in [0.3, 0.4) is 0 Å². The molecule has 1 aliphatic carbocycles. The van der Waals surface area contributed by atoms with E-state index in [4.69, 9.17) is 0 Å². The number of sulfone groups is 1. The Morgan fingerprint density at radius 2 is 1.78 bits per heavy atom. The highest BCUT2D eigenvalue weighted by atomic mass is 32.2. The Bertz CT molecular complexity index is 486. The van der Waals surface area contributed by atoms with Crippen LogP contribution < -0.4 is 0 Å². The molecular formula is C17H32N2O3S. The number of likely N-dealkylation sites (N-methyl/N-ethyl adjacent to an activating group) is 1. The lowest BCUT2D eigenvalue weighted by atomic mass is 9.94. The Morgan fingerprint density at radius 1 is 1.09 bits per heavy atom. The molecule has 134 valence electrons. The van der Waals surface area contributed by atoms with Crippen molar-refractivity contribution >= 4 is 15.7 Å².